The van der Waals surface area contributed by atoms with E-state index in [0.29, 0.717) is 0 Å². The Balaban J connectivity index is 2.13. The highest BCUT2D eigenvalue weighted by atomic mass is 16.8. The van der Waals surface area contributed by atoms with Gasteiger partial charge in [0.2, 0.25) is 11.8 Å². The highest BCUT2D eigenvalue weighted by Gasteiger charge is 2.55. The van der Waals surface area contributed by atoms with E-state index in [1.807, 2.05) is 0 Å². The van der Waals surface area contributed by atoms with Gasteiger partial charge < -0.3 is 100 Å². The Hall–Kier alpha value is -1.78. The van der Waals surface area contributed by atoms with E-state index in [2.05, 4.69) is 10.6 Å². The van der Waals surface area contributed by atoms with E-state index in [0.717, 1.165) is 13.8 Å². The lowest BCUT2D eigenvalue weighted by Crippen LogP contribution is -2.69. The average Bonchev–Trinajstić information content (AvgIpc) is 3.08. The first kappa shape index (κ1) is 42.6. The summed E-state index contributed by atoms with van der Waals surface area (Å²) in [5.41, 5.74) is 0. The Morgan fingerprint density at radius 1 is 0.680 bits per heavy atom. The average molecular weight is 735 g/mol. The van der Waals surface area contributed by atoms with Crippen molar-refractivity contribution in [2.75, 3.05) is 26.4 Å². The Labute approximate surface area is 285 Å². The van der Waals surface area contributed by atoms with E-state index in [-0.39, 0.29) is 0 Å². The van der Waals surface area contributed by atoms with Crippen molar-refractivity contribution in [2.45, 2.75) is 137 Å². The van der Waals surface area contributed by atoms with E-state index in [9.17, 15) is 70.9 Å². The third kappa shape index (κ3) is 9.80. The van der Waals surface area contributed by atoms with Crippen molar-refractivity contribution in [3.05, 3.63) is 0 Å². The van der Waals surface area contributed by atoms with Crippen LogP contribution in [0.15, 0.2) is 0 Å². The van der Waals surface area contributed by atoms with Crippen molar-refractivity contribution in [1.29, 1.82) is 0 Å². The number of hydrogen-bond donors (Lipinski definition) is 14. The van der Waals surface area contributed by atoms with E-state index < -0.39 is 155 Å². The predicted molar refractivity (Wildman–Crippen MR) is 158 cm³/mol. The van der Waals surface area contributed by atoms with Crippen molar-refractivity contribution in [2.24, 2.45) is 0 Å². The zero-order chi connectivity index (χ0) is 37.6. The summed E-state index contributed by atoms with van der Waals surface area (Å²) in [7, 11) is 0. The third-order valence-electron chi connectivity index (χ3n) is 8.63. The predicted octanol–water partition coefficient (Wildman–Crippen LogP) is -8.80. The van der Waals surface area contributed by atoms with Gasteiger partial charge in [0.25, 0.3) is 0 Å². The number of carbonyl (C=O) groups is 2. The molecule has 0 radical (unpaired) electrons. The molecule has 14 N–H and O–H groups in total. The van der Waals surface area contributed by atoms with Crippen LogP contribution in [-0.4, -0.2) is 216 Å². The number of aliphatic hydroxyl groups excluding tert-OH is 12. The van der Waals surface area contributed by atoms with Gasteiger partial charge in [0.05, 0.1) is 38.6 Å². The maximum absolute atomic E-state index is 12.0. The zero-order valence-electron chi connectivity index (χ0n) is 27.4. The van der Waals surface area contributed by atoms with Crippen molar-refractivity contribution < 1.29 is 99.3 Å². The lowest BCUT2D eigenvalue weighted by Gasteiger charge is -2.50. The largest absolute Gasteiger partial charge is 0.394 e. The normalized spacial score (nSPS) is 41.9. The molecule has 0 unspecified atom stereocenters. The van der Waals surface area contributed by atoms with Crippen LogP contribution in [0.1, 0.15) is 20.8 Å². The summed E-state index contributed by atoms with van der Waals surface area (Å²) in [5, 5.41) is 129. The van der Waals surface area contributed by atoms with Crippen molar-refractivity contribution in [3.8, 4) is 0 Å². The smallest absolute Gasteiger partial charge is 0.217 e. The van der Waals surface area contributed by atoms with Crippen LogP contribution < -0.4 is 10.6 Å². The first-order chi connectivity index (χ1) is 23.5. The number of ether oxygens (including phenoxy) is 6. The van der Waals surface area contributed by atoms with Gasteiger partial charge in [-0.2, -0.15) is 0 Å². The van der Waals surface area contributed by atoms with Crippen LogP contribution >= 0.6 is 0 Å². The second-order valence-corrected chi connectivity index (χ2v) is 12.4. The minimum Gasteiger partial charge on any atom is -0.394 e. The Kier molecular flexibility index (Phi) is 16.0. The van der Waals surface area contributed by atoms with Crippen LogP contribution in [0.25, 0.3) is 0 Å². The van der Waals surface area contributed by atoms with Crippen molar-refractivity contribution >= 4 is 11.8 Å². The highest BCUT2D eigenvalue weighted by Crippen LogP contribution is 2.35. The standard InChI is InChI=1S/C28H50N2O20/c1-8-16(38)21(43)22(44)27(45-8)50-25-24(49-26-15(30-10(3)36)20(42)18(40)13(6-33)46-26)19(41)14(7-34)47-28(25)48-23(17(39)12(37)5-32)11(4-31)29-9(2)35/h8,11-28,31-34,37-44H,4-7H2,1-3H3,(H,29,35)(H,30,36)/t8-,11-,12+,13+,14+,15+,16+,17-,18-,19-,20+,21+,22-,23+,24-,25+,26+,27-,28+/m0/s1. The fraction of sp³-hybridized carbons (Fsp3) is 0.929. The quantitative estimate of drug-likeness (QED) is 0.0742. The fourth-order valence-corrected chi connectivity index (χ4v) is 5.86. The molecule has 22 heteroatoms. The molecule has 2 amide bonds. The van der Waals surface area contributed by atoms with Crippen LogP contribution in [0.4, 0.5) is 0 Å². The van der Waals surface area contributed by atoms with Gasteiger partial charge in [0, 0.05) is 13.8 Å². The molecule has 0 saturated carbocycles. The molecule has 0 aromatic rings. The minimum absolute atomic E-state index is 0.733. The third-order valence-corrected chi connectivity index (χ3v) is 8.63. The maximum Gasteiger partial charge on any atom is 0.217 e. The topological polar surface area (TPSA) is 356 Å². The number of amides is 2. The van der Waals surface area contributed by atoms with Gasteiger partial charge in [0.1, 0.15) is 85.4 Å². The molecule has 22 nitrogen and oxygen atoms in total. The second kappa shape index (κ2) is 18.8. The molecule has 0 aromatic heterocycles. The van der Waals surface area contributed by atoms with Gasteiger partial charge in [-0.3, -0.25) is 9.59 Å². The minimum atomic E-state index is -2.08. The summed E-state index contributed by atoms with van der Waals surface area (Å²) in [6.07, 6.45) is -30.6. The summed E-state index contributed by atoms with van der Waals surface area (Å²) in [6, 6.07) is -3.10. The molecule has 3 aliphatic heterocycles. The Morgan fingerprint density at radius 2 is 1.26 bits per heavy atom. The molecular formula is C28H50N2O20. The zero-order valence-corrected chi connectivity index (χ0v) is 27.4. The number of rotatable bonds is 15. The monoisotopic (exact) mass is 734 g/mol. The molecule has 3 aliphatic rings. The van der Waals surface area contributed by atoms with Crippen LogP contribution in [0.3, 0.4) is 0 Å². The first-order valence-corrected chi connectivity index (χ1v) is 15.9. The van der Waals surface area contributed by atoms with Crippen LogP contribution in [0.2, 0.25) is 0 Å². The van der Waals surface area contributed by atoms with Crippen LogP contribution in [-0.2, 0) is 38.0 Å². The van der Waals surface area contributed by atoms with Gasteiger partial charge in [-0.1, -0.05) is 0 Å². The molecule has 3 saturated heterocycles. The van der Waals surface area contributed by atoms with Crippen molar-refractivity contribution in [1.82, 2.24) is 10.6 Å². The van der Waals surface area contributed by atoms with Gasteiger partial charge >= 0.3 is 0 Å². The molecule has 0 aliphatic carbocycles. The summed E-state index contributed by atoms with van der Waals surface area (Å²) < 4.78 is 34.8. The van der Waals surface area contributed by atoms with Crippen LogP contribution in [0.5, 0.6) is 0 Å². The second-order valence-electron chi connectivity index (χ2n) is 12.4. The van der Waals surface area contributed by atoms with Gasteiger partial charge in [-0.15, -0.1) is 0 Å². The fourth-order valence-electron chi connectivity index (χ4n) is 5.86. The lowest BCUT2D eigenvalue weighted by atomic mass is 9.94. The molecule has 292 valence electrons. The number of hydrogen-bond acceptors (Lipinski definition) is 20. The van der Waals surface area contributed by atoms with Crippen LogP contribution in [0, 0.1) is 0 Å². The molecule has 0 aromatic carbocycles. The van der Waals surface area contributed by atoms with E-state index in [1.54, 1.807) is 0 Å². The Morgan fingerprint density at radius 3 is 1.80 bits per heavy atom. The summed E-state index contributed by atoms with van der Waals surface area (Å²) >= 11 is 0. The van der Waals surface area contributed by atoms with Gasteiger partial charge in [-0.25, -0.2) is 0 Å². The SMILES string of the molecule is CC(=O)N[C@H]1[C@@H](O[C@H]2[C@@H](O)[C@@H](CO)O[C@H](O[C@@H]([C@@H](O)[C@H](O)CO)[C@H](CO)NC(C)=O)[C@@H]2O[C@@H]2O[C@@H](C)[C@@H](O)[C@@H](O)[C@@H]2O)O[C@H](CO)[C@H](O)[C@@H]1O. The Bertz CT molecular complexity index is 1080. The molecule has 50 heavy (non-hydrogen) atoms. The van der Waals surface area contributed by atoms with E-state index in [4.69, 9.17) is 28.4 Å². The molecule has 3 heterocycles. The van der Waals surface area contributed by atoms with Crippen molar-refractivity contribution in [3.63, 3.8) is 0 Å². The van der Waals surface area contributed by atoms with E-state index in [1.165, 1.54) is 6.92 Å². The van der Waals surface area contributed by atoms with E-state index >= 15 is 0 Å². The first-order valence-electron chi connectivity index (χ1n) is 15.9. The molecule has 3 rings (SSSR count). The number of aliphatic hydroxyl groups is 12. The number of carbonyl (C=O) groups excluding carboxylic acids is 2. The molecule has 3 fully saturated rings. The molecule has 0 bridgehead atoms. The molecule has 19 atom stereocenters. The number of nitrogens with one attached hydrogen (secondary N) is 2. The van der Waals surface area contributed by atoms with Gasteiger partial charge in [-0.05, 0) is 6.92 Å². The summed E-state index contributed by atoms with van der Waals surface area (Å²) in [4.78, 5) is 24.0. The highest BCUT2D eigenvalue weighted by molar-refractivity contribution is 5.73. The molecule has 0 spiro atoms. The van der Waals surface area contributed by atoms with Gasteiger partial charge in [0.15, 0.2) is 18.9 Å². The maximum atomic E-state index is 12.0. The lowest BCUT2D eigenvalue weighted by molar-refractivity contribution is -0.392. The summed E-state index contributed by atoms with van der Waals surface area (Å²) in [5.74, 6) is -1.47. The summed E-state index contributed by atoms with van der Waals surface area (Å²) in [6.45, 7) is -0.319. The molecular weight excluding hydrogens is 684 g/mol.